The highest BCUT2D eigenvalue weighted by Gasteiger charge is 2.60. The van der Waals surface area contributed by atoms with E-state index >= 15 is 0 Å². The fourth-order valence-electron chi connectivity index (χ4n) is 4.72. The number of aromatic nitrogens is 1. The van der Waals surface area contributed by atoms with Crippen molar-refractivity contribution in [2.45, 2.75) is 62.4 Å². The van der Waals surface area contributed by atoms with Gasteiger partial charge in [-0.1, -0.05) is 6.07 Å². The molecule has 1 saturated carbocycles. The van der Waals surface area contributed by atoms with Crippen LogP contribution in [0.5, 0.6) is 0 Å². The molecule has 2 atom stereocenters. The van der Waals surface area contributed by atoms with Gasteiger partial charge in [0, 0.05) is 37.8 Å². The number of ketones is 1. The van der Waals surface area contributed by atoms with Crippen LogP contribution in [0.3, 0.4) is 0 Å². The Bertz CT molecular complexity index is 1330. The number of aliphatic imine (C=N–C) groups is 1. The fourth-order valence-corrected chi connectivity index (χ4v) is 5.59. The predicted molar refractivity (Wildman–Crippen MR) is 128 cm³/mol. The number of nitrogens with zero attached hydrogens (tertiary/aromatic N) is 2. The number of ether oxygens (including phenoxy) is 1. The minimum Gasteiger partial charge on any atom is -0.374 e. The number of pyridine rings is 1. The number of carbonyl (C=O) groups is 1. The number of benzene rings is 1. The van der Waals surface area contributed by atoms with Crippen molar-refractivity contribution in [3.8, 4) is 0 Å². The minimum absolute atomic E-state index is 0.128. The van der Waals surface area contributed by atoms with Crippen molar-refractivity contribution in [1.82, 2.24) is 4.98 Å². The Labute approximate surface area is 202 Å². The lowest BCUT2D eigenvalue weighted by Crippen LogP contribution is -2.13. The lowest BCUT2D eigenvalue weighted by molar-refractivity contribution is -0.121. The highest BCUT2D eigenvalue weighted by molar-refractivity contribution is 7.90. The molecule has 1 saturated heterocycles. The molecule has 1 aromatic heterocycles. The lowest BCUT2D eigenvalue weighted by atomic mass is 10.0. The fraction of sp³-hybridized carbons (Fsp3) is 0.480. The van der Waals surface area contributed by atoms with Gasteiger partial charge in [0.2, 0.25) is 0 Å². The quantitative estimate of drug-likeness (QED) is 0.578. The Balaban J connectivity index is 1.49. The van der Waals surface area contributed by atoms with E-state index in [0.29, 0.717) is 41.5 Å². The normalized spacial score (nSPS) is 22.9. The molecule has 2 aliphatic heterocycles. The molecule has 0 unspecified atom stereocenters. The van der Waals surface area contributed by atoms with Crippen molar-refractivity contribution in [3.05, 3.63) is 41.2 Å². The molecule has 186 valence electrons. The Morgan fingerprint density at radius 3 is 2.66 bits per heavy atom. The van der Waals surface area contributed by atoms with E-state index in [1.54, 1.807) is 18.2 Å². The number of hydrogen-bond acceptors (Lipinski definition) is 7. The minimum atomic E-state index is -3.59. The van der Waals surface area contributed by atoms with Crippen LogP contribution >= 0.6 is 0 Å². The van der Waals surface area contributed by atoms with Crippen LogP contribution in [0.25, 0.3) is 0 Å². The first-order valence-corrected chi connectivity index (χ1v) is 13.6. The van der Waals surface area contributed by atoms with Gasteiger partial charge in [-0.3, -0.25) is 14.8 Å². The largest absolute Gasteiger partial charge is 0.374 e. The first kappa shape index (κ1) is 24.0. The molecule has 35 heavy (non-hydrogen) atoms. The Morgan fingerprint density at radius 2 is 2.00 bits per heavy atom. The van der Waals surface area contributed by atoms with Crippen LogP contribution in [0.4, 0.5) is 25.8 Å². The van der Waals surface area contributed by atoms with E-state index in [2.05, 4.69) is 15.3 Å². The summed E-state index contributed by atoms with van der Waals surface area (Å²) in [5, 5.41) is 3.18. The van der Waals surface area contributed by atoms with Gasteiger partial charge in [-0.25, -0.2) is 17.2 Å². The highest BCUT2D eigenvalue weighted by Crippen LogP contribution is 2.49. The SMILES string of the molecule is CC1=Nc2c(Nc3ccc([C@H]4CCCCO4)cc3S(C)(=O)=O)cc(CC(=O)[C@@H]3CC3(F)F)nc2C1. The summed E-state index contributed by atoms with van der Waals surface area (Å²) >= 11 is 0. The van der Waals surface area contributed by atoms with E-state index in [1.165, 1.54) is 0 Å². The average molecular weight is 504 g/mol. The van der Waals surface area contributed by atoms with Gasteiger partial charge < -0.3 is 10.1 Å². The molecule has 3 heterocycles. The summed E-state index contributed by atoms with van der Waals surface area (Å²) < 4.78 is 57.9. The van der Waals surface area contributed by atoms with E-state index in [4.69, 9.17) is 4.74 Å². The number of fused-ring (bicyclic) bond motifs is 1. The number of Topliss-reactive ketones (excluding diaryl/α,β-unsaturated/α-hetero) is 1. The third-order valence-corrected chi connectivity index (χ3v) is 7.78. The maximum absolute atomic E-state index is 13.4. The van der Waals surface area contributed by atoms with Gasteiger partial charge >= 0.3 is 0 Å². The third kappa shape index (κ3) is 4.99. The zero-order valence-corrected chi connectivity index (χ0v) is 20.4. The molecule has 0 amide bonds. The summed E-state index contributed by atoms with van der Waals surface area (Å²) in [6.45, 7) is 2.50. The lowest BCUT2D eigenvalue weighted by Gasteiger charge is -2.24. The topological polar surface area (TPSA) is 97.7 Å². The molecule has 2 fully saturated rings. The second-order valence-electron chi connectivity index (χ2n) is 9.65. The summed E-state index contributed by atoms with van der Waals surface area (Å²) in [6, 6.07) is 6.80. The number of hydrogen-bond donors (Lipinski definition) is 1. The molecule has 0 bridgehead atoms. The smallest absolute Gasteiger partial charge is 0.258 e. The van der Waals surface area contributed by atoms with Crippen molar-refractivity contribution in [3.63, 3.8) is 0 Å². The van der Waals surface area contributed by atoms with E-state index < -0.39 is 33.9 Å². The van der Waals surface area contributed by atoms with Crippen LogP contribution in [-0.4, -0.2) is 43.7 Å². The van der Waals surface area contributed by atoms with Gasteiger partial charge in [0.1, 0.15) is 11.5 Å². The maximum atomic E-state index is 13.4. The number of nitrogens with one attached hydrogen (secondary N) is 1. The second kappa shape index (κ2) is 8.74. The van der Waals surface area contributed by atoms with Gasteiger partial charge in [-0.15, -0.1) is 0 Å². The average Bonchev–Trinajstić information content (AvgIpc) is 3.27. The van der Waals surface area contributed by atoms with Crippen LogP contribution in [0.2, 0.25) is 0 Å². The number of sulfone groups is 1. The van der Waals surface area contributed by atoms with Gasteiger partial charge in [0.05, 0.1) is 39.7 Å². The van der Waals surface area contributed by atoms with Crippen LogP contribution in [0.1, 0.15) is 55.7 Å². The van der Waals surface area contributed by atoms with Crippen LogP contribution in [-0.2, 0) is 32.2 Å². The highest BCUT2D eigenvalue weighted by atomic mass is 32.2. The zero-order chi connectivity index (χ0) is 25.0. The zero-order valence-electron chi connectivity index (χ0n) is 19.6. The Morgan fingerprint density at radius 1 is 1.23 bits per heavy atom. The van der Waals surface area contributed by atoms with Gasteiger partial charge in [0.15, 0.2) is 9.84 Å². The van der Waals surface area contributed by atoms with Gasteiger partial charge in [-0.05, 0) is 49.9 Å². The molecule has 1 aliphatic carbocycles. The van der Waals surface area contributed by atoms with Gasteiger partial charge in [-0.2, -0.15) is 0 Å². The number of rotatable bonds is 7. The Kier molecular flexibility index (Phi) is 5.99. The first-order valence-electron chi connectivity index (χ1n) is 11.7. The van der Waals surface area contributed by atoms with Crippen molar-refractivity contribution in [2.75, 3.05) is 18.2 Å². The summed E-state index contributed by atoms with van der Waals surface area (Å²) in [5.41, 5.74) is 4.04. The van der Waals surface area contributed by atoms with Crippen LogP contribution in [0.15, 0.2) is 34.2 Å². The summed E-state index contributed by atoms with van der Waals surface area (Å²) in [5.74, 6) is -4.72. The Hall–Kier alpha value is -2.72. The molecule has 2 aromatic rings. The molecule has 0 radical (unpaired) electrons. The number of alkyl halides is 2. The van der Waals surface area contributed by atoms with E-state index in [-0.39, 0.29) is 17.4 Å². The molecule has 10 heteroatoms. The predicted octanol–water partition coefficient (Wildman–Crippen LogP) is 4.89. The molecular formula is C25H27F2N3O4S. The van der Waals surface area contributed by atoms with Crippen LogP contribution in [0, 0.1) is 5.92 Å². The van der Waals surface area contributed by atoms with Crippen molar-refractivity contribution in [2.24, 2.45) is 10.9 Å². The second-order valence-corrected chi connectivity index (χ2v) is 11.6. The molecule has 1 N–H and O–H groups in total. The van der Waals surface area contributed by atoms with Gasteiger partial charge in [0.25, 0.3) is 5.92 Å². The number of anilines is 2. The standard InChI is InChI=1S/C25H27F2N3O4S/c1-14-9-19-24(28-14)20(11-16(29-19)12-21(31)17-13-25(17,26)27)30-18-7-6-15(10-23(18)35(2,32)33)22-5-3-4-8-34-22/h6-7,10-11,17,22H,3-5,8-9,12-13H2,1-2H3,(H,29,30)/t17-,22+/m0/s1. The summed E-state index contributed by atoms with van der Waals surface area (Å²) in [4.78, 5) is 21.5. The molecule has 1 aromatic carbocycles. The number of halogens is 2. The molecule has 0 spiro atoms. The molecular weight excluding hydrogens is 476 g/mol. The van der Waals surface area contributed by atoms with Crippen LogP contribution < -0.4 is 5.32 Å². The molecule has 5 rings (SSSR count). The summed E-state index contributed by atoms with van der Waals surface area (Å²) in [7, 11) is -3.59. The molecule has 3 aliphatic rings. The maximum Gasteiger partial charge on any atom is 0.258 e. The van der Waals surface area contributed by atoms with E-state index in [0.717, 1.165) is 36.8 Å². The first-order chi connectivity index (χ1) is 16.5. The van der Waals surface area contributed by atoms with E-state index in [1.807, 2.05) is 13.0 Å². The number of carbonyl (C=O) groups excluding carboxylic acids is 1. The third-order valence-electron chi connectivity index (χ3n) is 6.64. The van der Waals surface area contributed by atoms with Crippen molar-refractivity contribution < 1.29 is 26.7 Å². The van der Waals surface area contributed by atoms with Crippen molar-refractivity contribution >= 4 is 38.4 Å². The van der Waals surface area contributed by atoms with Crippen molar-refractivity contribution in [1.29, 1.82) is 0 Å². The molecule has 7 nitrogen and oxygen atoms in total. The van der Waals surface area contributed by atoms with E-state index in [9.17, 15) is 22.0 Å². The summed E-state index contributed by atoms with van der Waals surface area (Å²) in [6.07, 6.45) is 3.70. The monoisotopic (exact) mass is 503 g/mol.